The molecule has 0 spiro atoms. The van der Waals surface area contributed by atoms with Crippen LogP contribution >= 0.6 is 0 Å². The molecular weight excluding hydrogens is 241 g/mol. The van der Waals surface area contributed by atoms with Crippen molar-refractivity contribution >= 4 is 11.0 Å². The first kappa shape index (κ1) is 12.6. The smallest absolute Gasteiger partial charge is 0.125 e. The summed E-state index contributed by atoms with van der Waals surface area (Å²) in [4.78, 5) is 4.72. The summed E-state index contributed by atoms with van der Waals surface area (Å²) in [5, 5.41) is 3.36. The van der Waals surface area contributed by atoms with E-state index in [4.69, 9.17) is 4.98 Å². The van der Waals surface area contributed by atoms with Crippen LogP contribution < -0.4 is 5.32 Å². The first-order chi connectivity index (χ1) is 9.20. The van der Waals surface area contributed by atoms with Gasteiger partial charge in [-0.25, -0.2) is 9.37 Å². The Bertz CT molecular complexity index is 586. The van der Waals surface area contributed by atoms with Gasteiger partial charge in [0.25, 0.3) is 0 Å². The van der Waals surface area contributed by atoms with E-state index in [0.717, 1.165) is 29.9 Å². The van der Waals surface area contributed by atoms with E-state index < -0.39 is 0 Å². The van der Waals surface area contributed by atoms with Gasteiger partial charge in [-0.15, -0.1) is 0 Å². The lowest BCUT2D eigenvalue weighted by Gasteiger charge is -2.14. The van der Waals surface area contributed by atoms with Gasteiger partial charge in [0.2, 0.25) is 0 Å². The lowest BCUT2D eigenvalue weighted by atomic mass is 10.1. The Morgan fingerprint density at radius 2 is 2.26 bits per heavy atom. The van der Waals surface area contributed by atoms with E-state index in [1.54, 1.807) is 12.1 Å². The molecule has 102 valence electrons. The molecule has 1 unspecified atom stereocenters. The van der Waals surface area contributed by atoms with Crippen LogP contribution in [0.25, 0.3) is 11.0 Å². The van der Waals surface area contributed by atoms with Crippen LogP contribution in [0.3, 0.4) is 0 Å². The molecule has 1 fully saturated rings. The number of imidazole rings is 1. The minimum absolute atomic E-state index is 0.180. The maximum Gasteiger partial charge on any atom is 0.125 e. The molecule has 2 aromatic rings. The van der Waals surface area contributed by atoms with E-state index >= 15 is 0 Å². The number of hydrogen-bond acceptors (Lipinski definition) is 2. The molecule has 0 amide bonds. The van der Waals surface area contributed by atoms with Crippen LogP contribution in [-0.2, 0) is 0 Å². The number of likely N-dealkylation sites (N-methyl/N-ethyl adjacent to an activating group) is 1. The number of aromatic nitrogens is 2. The van der Waals surface area contributed by atoms with Crippen molar-refractivity contribution in [1.82, 2.24) is 14.9 Å². The Hall–Kier alpha value is -1.42. The first-order valence-corrected chi connectivity index (χ1v) is 7.08. The van der Waals surface area contributed by atoms with Crippen molar-refractivity contribution < 1.29 is 4.39 Å². The number of nitrogens with one attached hydrogen (secondary N) is 1. The predicted molar refractivity (Wildman–Crippen MR) is 74.9 cm³/mol. The zero-order valence-corrected chi connectivity index (χ0v) is 11.5. The van der Waals surface area contributed by atoms with Gasteiger partial charge in [0, 0.05) is 18.5 Å². The third-order valence-corrected chi connectivity index (χ3v) is 3.73. The fourth-order valence-electron chi connectivity index (χ4n) is 2.60. The minimum atomic E-state index is -0.180. The summed E-state index contributed by atoms with van der Waals surface area (Å²) in [5.41, 5.74) is 1.85. The lowest BCUT2D eigenvalue weighted by Crippen LogP contribution is -2.21. The molecule has 0 radical (unpaired) electrons. The van der Waals surface area contributed by atoms with Crippen LogP contribution in [0.4, 0.5) is 4.39 Å². The van der Waals surface area contributed by atoms with Crippen molar-refractivity contribution in [3.8, 4) is 0 Å². The average molecular weight is 261 g/mol. The van der Waals surface area contributed by atoms with E-state index in [-0.39, 0.29) is 5.82 Å². The number of rotatable bonds is 5. The molecule has 1 aromatic carbocycles. The van der Waals surface area contributed by atoms with E-state index in [9.17, 15) is 4.39 Å². The summed E-state index contributed by atoms with van der Waals surface area (Å²) < 4.78 is 15.7. The van der Waals surface area contributed by atoms with Gasteiger partial charge in [0.15, 0.2) is 0 Å². The van der Waals surface area contributed by atoms with Crippen molar-refractivity contribution in [1.29, 1.82) is 0 Å². The second-order valence-corrected chi connectivity index (χ2v) is 5.41. The SMILES string of the molecule is CCNCC(C)c1nc2ccc(F)cc2n1C1CC1. The van der Waals surface area contributed by atoms with Gasteiger partial charge < -0.3 is 9.88 Å². The molecule has 1 atom stereocenters. The minimum Gasteiger partial charge on any atom is -0.325 e. The molecule has 1 heterocycles. The summed E-state index contributed by atoms with van der Waals surface area (Å²) in [5.74, 6) is 1.25. The molecule has 0 saturated heterocycles. The van der Waals surface area contributed by atoms with Crippen LogP contribution in [-0.4, -0.2) is 22.6 Å². The predicted octanol–water partition coefficient (Wildman–Crippen LogP) is 3.22. The number of fused-ring (bicyclic) bond motifs is 1. The third kappa shape index (κ3) is 2.37. The molecule has 19 heavy (non-hydrogen) atoms. The monoisotopic (exact) mass is 261 g/mol. The van der Waals surface area contributed by atoms with Crippen LogP contribution in [0.15, 0.2) is 18.2 Å². The van der Waals surface area contributed by atoms with Gasteiger partial charge in [0.05, 0.1) is 11.0 Å². The van der Waals surface area contributed by atoms with Crippen molar-refractivity contribution in [3.63, 3.8) is 0 Å². The highest BCUT2D eigenvalue weighted by Gasteiger charge is 2.29. The molecule has 3 nitrogen and oxygen atoms in total. The Labute approximate surface area is 112 Å². The van der Waals surface area contributed by atoms with Gasteiger partial charge in [0.1, 0.15) is 11.6 Å². The van der Waals surface area contributed by atoms with Crippen LogP contribution in [0, 0.1) is 5.82 Å². The highest BCUT2D eigenvalue weighted by atomic mass is 19.1. The fraction of sp³-hybridized carbons (Fsp3) is 0.533. The summed E-state index contributed by atoms with van der Waals surface area (Å²) in [6.45, 7) is 6.16. The maximum absolute atomic E-state index is 13.5. The van der Waals surface area contributed by atoms with Gasteiger partial charge >= 0.3 is 0 Å². The quantitative estimate of drug-likeness (QED) is 0.895. The summed E-state index contributed by atoms with van der Waals surface area (Å²) in [7, 11) is 0. The van der Waals surface area contributed by atoms with Crippen molar-refractivity contribution in [2.45, 2.75) is 38.6 Å². The molecule has 1 N–H and O–H groups in total. The molecule has 1 aromatic heterocycles. The zero-order valence-electron chi connectivity index (χ0n) is 11.5. The largest absolute Gasteiger partial charge is 0.325 e. The average Bonchev–Trinajstić information content (AvgIpc) is 3.17. The van der Waals surface area contributed by atoms with Crippen molar-refractivity contribution in [2.75, 3.05) is 13.1 Å². The molecule has 1 aliphatic carbocycles. The summed E-state index contributed by atoms with van der Waals surface area (Å²) in [6, 6.07) is 5.41. The van der Waals surface area contributed by atoms with Crippen LogP contribution in [0.1, 0.15) is 44.5 Å². The number of nitrogens with zero attached hydrogens (tertiary/aromatic N) is 2. The normalized spacial score (nSPS) is 17.0. The van der Waals surface area contributed by atoms with Gasteiger partial charge in [-0.1, -0.05) is 13.8 Å². The Kier molecular flexibility index (Phi) is 3.27. The number of hydrogen-bond donors (Lipinski definition) is 1. The van der Waals surface area contributed by atoms with E-state index in [1.165, 1.54) is 18.9 Å². The van der Waals surface area contributed by atoms with E-state index in [1.807, 2.05) is 0 Å². The fourth-order valence-corrected chi connectivity index (χ4v) is 2.60. The number of benzene rings is 1. The molecule has 0 aliphatic heterocycles. The topological polar surface area (TPSA) is 29.9 Å². The molecule has 3 rings (SSSR count). The van der Waals surface area contributed by atoms with Gasteiger partial charge in [-0.3, -0.25) is 0 Å². The highest BCUT2D eigenvalue weighted by molar-refractivity contribution is 5.76. The molecule has 1 saturated carbocycles. The highest BCUT2D eigenvalue weighted by Crippen LogP contribution is 2.40. The molecule has 0 bridgehead atoms. The Balaban J connectivity index is 2.05. The van der Waals surface area contributed by atoms with Gasteiger partial charge in [-0.05, 0) is 37.6 Å². The zero-order chi connectivity index (χ0) is 13.4. The van der Waals surface area contributed by atoms with Crippen molar-refractivity contribution in [3.05, 3.63) is 29.8 Å². The van der Waals surface area contributed by atoms with E-state index in [0.29, 0.717) is 12.0 Å². The van der Waals surface area contributed by atoms with Crippen LogP contribution in [0.5, 0.6) is 0 Å². The van der Waals surface area contributed by atoms with Gasteiger partial charge in [-0.2, -0.15) is 0 Å². The maximum atomic E-state index is 13.5. The first-order valence-electron chi connectivity index (χ1n) is 7.08. The van der Waals surface area contributed by atoms with Crippen LogP contribution in [0.2, 0.25) is 0 Å². The molecular formula is C15H20FN3. The van der Waals surface area contributed by atoms with E-state index in [2.05, 4.69) is 23.7 Å². The summed E-state index contributed by atoms with van der Waals surface area (Å²) >= 11 is 0. The Morgan fingerprint density at radius 3 is 2.95 bits per heavy atom. The van der Waals surface area contributed by atoms with Crippen molar-refractivity contribution in [2.24, 2.45) is 0 Å². The Morgan fingerprint density at radius 1 is 1.47 bits per heavy atom. The molecule has 4 heteroatoms. The third-order valence-electron chi connectivity index (χ3n) is 3.73. The standard InChI is InChI=1S/C15H20FN3/c1-3-17-9-10(2)15-18-13-7-4-11(16)8-14(13)19(15)12-5-6-12/h4,7-8,10,12,17H,3,5-6,9H2,1-2H3. The lowest BCUT2D eigenvalue weighted by molar-refractivity contribution is 0.572. The second kappa shape index (κ2) is 4.93. The summed E-state index contributed by atoms with van der Waals surface area (Å²) in [6.07, 6.45) is 2.37. The second-order valence-electron chi connectivity index (χ2n) is 5.41. The molecule has 1 aliphatic rings. The number of halogens is 1.